The van der Waals surface area contributed by atoms with Gasteiger partial charge in [-0.3, -0.25) is 9.59 Å². The van der Waals surface area contributed by atoms with Crippen LogP contribution in [0.4, 0.5) is 8.78 Å². The summed E-state index contributed by atoms with van der Waals surface area (Å²) in [6.45, 7) is 7.80. The molecule has 1 aromatic heterocycles. The second-order valence-electron chi connectivity index (χ2n) is 6.48. The molecule has 0 fully saturated rings. The van der Waals surface area contributed by atoms with Gasteiger partial charge in [-0.25, -0.2) is 8.78 Å². The minimum absolute atomic E-state index is 0.0332. The molecule has 0 atom stereocenters. The van der Waals surface area contributed by atoms with Gasteiger partial charge >= 0.3 is 0 Å². The topological polar surface area (TPSA) is 62.0 Å². The number of carbonyl (C=O) groups excluding carboxylic acids is 1. The van der Waals surface area contributed by atoms with Gasteiger partial charge in [0.25, 0.3) is 17.4 Å². The number of halogens is 2. The first-order chi connectivity index (χ1) is 11.5. The molecule has 0 aliphatic rings. The monoisotopic (exact) mass is 348 g/mol. The number of hydrogen-bond donors (Lipinski definition) is 2. The fourth-order valence-corrected chi connectivity index (χ4v) is 2.71. The highest BCUT2D eigenvalue weighted by atomic mass is 19.3. The maximum Gasteiger partial charge on any atom is 0.270 e. The van der Waals surface area contributed by atoms with Gasteiger partial charge in [0.15, 0.2) is 0 Å². The van der Waals surface area contributed by atoms with E-state index >= 15 is 0 Å². The van der Waals surface area contributed by atoms with Gasteiger partial charge in [0.05, 0.1) is 0 Å². The molecule has 6 heteroatoms. The standard InChI is InChI=1S/C19H22F2N2O2/c1-10-7-14(19(5,20)21)8-15(13(10)4)17(24)22-9-16-11(2)6-12(3)23-18(16)25/h6-8H,9H2,1-5H3,(H,22,24)(H,23,25). The summed E-state index contributed by atoms with van der Waals surface area (Å²) >= 11 is 0. The van der Waals surface area contributed by atoms with Gasteiger partial charge < -0.3 is 10.3 Å². The second kappa shape index (κ2) is 6.78. The lowest BCUT2D eigenvalue weighted by molar-refractivity contribution is 0.0173. The number of benzene rings is 1. The number of aromatic amines is 1. The highest BCUT2D eigenvalue weighted by Gasteiger charge is 2.26. The fourth-order valence-electron chi connectivity index (χ4n) is 2.71. The van der Waals surface area contributed by atoms with Crippen molar-refractivity contribution in [2.24, 2.45) is 0 Å². The summed E-state index contributed by atoms with van der Waals surface area (Å²) in [4.78, 5) is 27.2. The first-order valence-electron chi connectivity index (χ1n) is 7.98. The van der Waals surface area contributed by atoms with Crippen molar-refractivity contribution < 1.29 is 13.6 Å². The van der Waals surface area contributed by atoms with Crippen LogP contribution in [-0.2, 0) is 12.5 Å². The SMILES string of the molecule is Cc1cc(C)c(CNC(=O)c2cc(C(C)(F)F)cc(C)c2C)c(=O)[nH]1. The van der Waals surface area contributed by atoms with Crippen molar-refractivity contribution in [1.29, 1.82) is 0 Å². The van der Waals surface area contributed by atoms with Crippen molar-refractivity contribution in [1.82, 2.24) is 10.3 Å². The molecular weight excluding hydrogens is 326 g/mol. The molecule has 2 N–H and O–H groups in total. The van der Waals surface area contributed by atoms with E-state index in [4.69, 9.17) is 0 Å². The highest BCUT2D eigenvalue weighted by Crippen LogP contribution is 2.30. The number of alkyl halides is 2. The van der Waals surface area contributed by atoms with Crippen molar-refractivity contribution >= 4 is 5.91 Å². The molecule has 2 aromatic rings. The Hall–Kier alpha value is -2.50. The van der Waals surface area contributed by atoms with Crippen molar-refractivity contribution in [2.45, 2.75) is 47.1 Å². The third-order valence-corrected chi connectivity index (χ3v) is 4.34. The molecule has 0 bridgehead atoms. The summed E-state index contributed by atoms with van der Waals surface area (Å²) < 4.78 is 27.3. The highest BCUT2D eigenvalue weighted by molar-refractivity contribution is 5.96. The molecule has 0 aliphatic carbocycles. The van der Waals surface area contributed by atoms with Gasteiger partial charge in [-0.2, -0.15) is 0 Å². The van der Waals surface area contributed by atoms with Gasteiger partial charge in [-0.1, -0.05) is 0 Å². The lowest BCUT2D eigenvalue weighted by atomic mass is 9.96. The summed E-state index contributed by atoms with van der Waals surface area (Å²) in [5.74, 6) is -3.51. The number of aromatic nitrogens is 1. The molecular formula is C19H22F2N2O2. The summed E-state index contributed by atoms with van der Waals surface area (Å²) in [6.07, 6.45) is 0. The number of H-pyrrole nitrogens is 1. The van der Waals surface area contributed by atoms with Crippen molar-refractivity contribution in [3.63, 3.8) is 0 Å². The van der Waals surface area contributed by atoms with Gasteiger partial charge in [0, 0.05) is 35.9 Å². The Morgan fingerprint density at radius 3 is 2.32 bits per heavy atom. The summed E-state index contributed by atoms with van der Waals surface area (Å²) in [7, 11) is 0. The van der Waals surface area contributed by atoms with Crippen LogP contribution >= 0.6 is 0 Å². The number of aryl methyl sites for hydroxylation is 3. The van der Waals surface area contributed by atoms with Gasteiger partial charge in [0.1, 0.15) is 0 Å². The van der Waals surface area contributed by atoms with E-state index in [-0.39, 0.29) is 23.2 Å². The summed E-state index contributed by atoms with van der Waals surface area (Å²) in [5.41, 5.74) is 2.94. The van der Waals surface area contributed by atoms with Crippen LogP contribution < -0.4 is 10.9 Å². The number of rotatable bonds is 4. The van der Waals surface area contributed by atoms with E-state index in [2.05, 4.69) is 10.3 Å². The number of nitrogens with one attached hydrogen (secondary N) is 2. The molecule has 1 amide bonds. The van der Waals surface area contributed by atoms with E-state index in [0.717, 1.165) is 18.2 Å². The second-order valence-corrected chi connectivity index (χ2v) is 6.48. The molecule has 134 valence electrons. The quantitative estimate of drug-likeness (QED) is 0.886. The Balaban J connectivity index is 2.31. The molecule has 0 unspecified atom stereocenters. The molecule has 2 rings (SSSR count). The molecule has 1 aromatic carbocycles. The maximum absolute atomic E-state index is 13.6. The summed E-state index contributed by atoms with van der Waals surface area (Å²) in [6, 6.07) is 4.42. The third kappa shape index (κ3) is 4.13. The summed E-state index contributed by atoms with van der Waals surface area (Å²) in [5, 5.41) is 2.66. The molecule has 0 saturated heterocycles. The Kier molecular flexibility index (Phi) is 5.11. The Morgan fingerprint density at radius 1 is 1.12 bits per heavy atom. The molecule has 0 spiro atoms. The molecule has 1 heterocycles. The van der Waals surface area contributed by atoms with Crippen molar-refractivity contribution in [3.8, 4) is 0 Å². The van der Waals surface area contributed by atoms with Crippen molar-refractivity contribution in [2.75, 3.05) is 0 Å². The van der Waals surface area contributed by atoms with Gasteiger partial charge in [0.2, 0.25) is 0 Å². The Labute approximate surface area is 145 Å². The molecule has 0 aliphatic heterocycles. The van der Waals surface area contributed by atoms with Crippen LogP contribution in [0.3, 0.4) is 0 Å². The van der Waals surface area contributed by atoms with E-state index in [0.29, 0.717) is 16.7 Å². The van der Waals surface area contributed by atoms with Crippen LogP contribution in [0.25, 0.3) is 0 Å². The van der Waals surface area contributed by atoms with E-state index < -0.39 is 11.8 Å². The third-order valence-electron chi connectivity index (χ3n) is 4.34. The van der Waals surface area contributed by atoms with E-state index in [1.165, 1.54) is 12.1 Å². The normalized spacial score (nSPS) is 11.5. The first kappa shape index (κ1) is 18.8. The maximum atomic E-state index is 13.6. The zero-order chi connectivity index (χ0) is 18.9. The zero-order valence-electron chi connectivity index (χ0n) is 15.0. The Morgan fingerprint density at radius 2 is 1.76 bits per heavy atom. The zero-order valence-corrected chi connectivity index (χ0v) is 15.0. The van der Waals surface area contributed by atoms with E-state index in [1.54, 1.807) is 27.7 Å². The van der Waals surface area contributed by atoms with Crippen LogP contribution in [-0.4, -0.2) is 10.9 Å². The van der Waals surface area contributed by atoms with Gasteiger partial charge in [-0.15, -0.1) is 0 Å². The number of amides is 1. The van der Waals surface area contributed by atoms with Crippen molar-refractivity contribution in [3.05, 3.63) is 67.6 Å². The van der Waals surface area contributed by atoms with Crippen LogP contribution in [0.2, 0.25) is 0 Å². The molecule has 4 nitrogen and oxygen atoms in total. The predicted molar refractivity (Wildman–Crippen MR) is 93.2 cm³/mol. The van der Waals surface area contributed by atoms with Crippen LogP contribution in [0.15, 0.2) is 23.0 Å². The van der Waals surface area contributed by atoms with Gasteiger partial charge in [-0.05, 0) is 62.6 Å². The van der Waals surface area contributed by atoms with Crippen LogP contribution in [0.1, 0.15) is 50.8 Å². The average Bonchev–Trinajstić information content (AvgIpc) is 2.47. The molecule has 0 saturated carbocycles. The minimum atomic E-state index is -3.03. The minimum Gasteiger partial charge on any atom is -0.348 e. The largest absolute Gasteiger partial charge is 0.348 e. The fraction of sp³-hybridized carbons (Fsp3) is 0.368. The molecule has 0 radical (unpaired) electrons. The van der Waals surface area contributed by atoms with E-state index in [9.17, 15) is 18.4 Å². The Bertz CT molecular complexity index is 880. The predicted octanol–water partition coefficient (Wildman–Crippen LogP) is 3.65. The number of hydrogen-bond acceptors (Lipinski definition) is 2. The lowest BCUT2D eigenvalue weighted by Crippen LogP contribution is -2.29. The average molecular weight is 348 g/mol. The van der Waals surface area contributed by atoms with Crippen LogP contribution in [0, 0.1) is 27.7 Å². The van der Waals surface area contributed by atoms with E-state index in [1.807, 2.05) is 6.07 Å². The first-order valence-corrected chi connectivity index (χ1v) is 7.98. The smallest absolute Gasteiger partial charge is 0.270 e. The molecule has 25 heavy (non-hydrogen) atoms. The number of pyridine rings is 1. The lowest BCUT2D eigenvalue weighted by Gasteiger charge is -2.16. The number of carbonyl (C=O) groups is 1. The van der Waals surface area contributed by atoms with Crippen LogP contribution in [0.5, 0.6) is 0 Å².